The fourth-order valence-electron chi connectivity index (χ4n) is 3.79. The van der Waals surface area contributed by atoms with E-state index in [4.69, 9.17) is 9.47 Å². The first-order valence-corrected chi connectivity index (χ1v) is 10.3. The van der Waals surface area contributed by atoms with E-state index in [-0.39, 0.29) is 5.91 Å². The number of hydrogen-bond donors (Lipinski definition) is 2. The lowest BCUT2D eigenvalue weighted by atomic mass is 9.95. The highest BCUT2D eigenvalue weighted by molar-refractivity contribution is 9.10. The topological polar surface area (TPSA) is 75.7 Å². The van der Waals surface area contributed by atoms with E-state index in [2.05, 4.69) is 31.4 Å². The van der Waals surface area contributed by atoms with Crippen molar-refractivity contribution in [3.05, 3.63) is 57.2 Å². The molecule has 0 bridgehead atoms. The van der Waals surface area contributed by atoms with E-state index in [1.54, 1.807) is 26.5 Å². The minimum atomic E-state index is -0.242. The minimum absolute atomic E-state index is 0.242. The second kappa shape index (κ2) is 8.29. The van der Waals surface area contributed by atoms with Crippen LogP contribution < -0.4 is 14.9 Å². The third-order valence-corrected chi connectivity index (χ3v) is 5.78. The molecular formula is C22H22BrN3O3. The van der Waals surface area contributed by atoms with Crippen molar-refractivity contribution in [3.63, 3.8) is 0 Å². The molecule has 1 aromatic heterocycles. The lowest BCUT2D eigenvalue weighted by Gasteiger charge is -2.10. The second-order valence-electron chi connectivity index (χ2n) is 6.99. The Morgan fingerprint density at radius 2 is 2.00 bits per heavy atom. The number of aromatic nitrogens is 1. The molecule has 0 radical (unpaired) electrons. The smallest absolute Gasteiger partial charge is 0.271 e. The first-order chi connectivity index (χ1) is 14.1. The molecule has 1 amide bonds. The zero-order valence-electron chi connectivity index (χ0n) is 16.3. The number of amides is 1. The zero-order chi connectivity index (χ0) is 20.4. The van der Waals surface area contributed by atoms with E-state index in [1.165, 1.54) is 24.1 Å². The van der Waals surface area contributed by atoms with E-state index in [1.807, 2.05) is 24.3 Å². The number of benzene rings is 2. The molecule has 29 heavy (non-hydrogen) atoms. The van der Waals surface area contributed by atoms with Gasteiger partial charge in [-0.15, -0.1) is 0 Å². The van der Waals surface area contributed by atoms with Crippen molar-refractivity contribution >= 4 is 39.0 Å². The molecular weight excluding hydrogens is 434 g/mol. The van der Waals surface area contributed by atoms with E-state index in [0.717, 1.165) is 33.8 Å². The average Bonchev–Trinajstić information content (AvgIpc) is 3.11. The number of halogens is 1. The number of hydrogen-bond acceptors (Lipinski definition) is 4. The van der Waals surface area contributed by atoms with Gasteiger partial charge in [-0.1, -0.05) is 0 Å². The summed E-state index contributed by atoms with van der Waals surface area (Å²) in [5.74, 6) is 0.947. The lowest BCUT2D eigenvalue weighted by molar-refractivity contribution is 0.0955. The number of methoxy groups -OCH3 is 2. The fourth-order valence-corrected chi connectivity index (χ4v) is 4.41. The highest BCUT2D eigenvalue weighted by atomic mass is 79.9. The highest BCUT2D eigenvalue weighted by Gasteiger charge is 2.16. The summed E-state index contributed by atoms with van der Waals surface area (Å²) in [7, 11) is 3.15. The van der Waals surface area contributed by atoms with Gasteiger partial charge in [-0.3, -0.25) is 4.79 Å². The Balaban J connectivity index is 1.52. The number of nitrogens with zero attached hydrogens (tertiary/aromatic N) is 1. The summed E-state index contributed by atoms with van der Waals surface area (Å²) >= 11 is 3.45. The van der Waals surface area contributed by atoms with E-state index < -0.39 is 0 Å². The third kappa shape index (κ3) is 3.87. The number of nitrogens with one attached hydrogen (secondary N) is 2. The largest absolute Gasteiger partial charge is 0.493 e. The van der Waals surface area contributed by atoms with Crippen LogP contribution in [-0.2, 0) is 12.8 Å². The molecule has 2 aromatic carbocycles. The number of fused-ring (bicyclic) bond motifs is 3. The van der Waals surface area contributed by atoms with Gasteiger partial charge in [0.05, 0.1) is 24.9 Å². The molecule has 1 aliphatic carbocycles. The number of H-pyrrole nitrogens is 1. The van der Waals surface area contributed by atoms with Crippen LogP contribution in [0.4, 0.5) is 0 Å². The lowest BCUT2D eigenvalue weighted by Crippen LogP contribution is -2.17. The van der Waals surface area contributed by atoms with Gasteiger partial charge < -0.3 is 14.5 Å². The maximum absolute atomic E-state index is 12.6. The maximum atomic E-state index is 12.6. The third-order valence-electron chi connectivity index (χ3n) is 5.20. The number of rotatable bonds is 5. The van der Waals surface area contributed by atoms with Crippen LogP contribution in [0.15, 0.2) is 39.9 Å². The molecule has 2 N–H and O–H groups in total. The predicted molar refractivity (Wildman–Crippen MR) is 117 cm³/mol. The SMILES string of the molecule is COc1cc(/C=N\NC(=O)c2ccc3[nH]c4c(c3c2)CCCC4)cc(Br)c1OC. The predicted octanol–water partition coefficient (Wildman–Crippen LogP) is 4.59. The van der Waals surface area contributed by atoms with Crippen molar-refractivity contribution in [3.8, 4) is 11.5 Å². The first-order valence-electron chi connectivity index (χ1n) is 9.49. The molecule has 0 saturated carbocycles. The molecule has 7 heteroatoms. The van der Waals surface area contributed by atoms with Gasteiger partial charge in [0.1, 0.15) is 0 Å². The minimum Gasteiger partial charge on any atom is -0.493 e. The van der Waals surface area contributed by atoms with Gasteiger partial charge in [-0.2, -0.15) is 5.10 Å². The van der Waals surface area contributed by atoms with Gasteiger partial charge in [-0.05, 0) is 83.1 Å². The van der Waals surface area contributed by atoms with Gasteiger partial charge in [0.15, 0.2) is 11.5 Å². The molecule has 0 aliphatic heterocycles. The van der Waals surface area contributed by atoms with E-state index >= 15 is 0 Å². The molecule has 0 unspecified atom stereocenters. The van der Waals surface area contributed by atoms with Crippen LogP contribution in [0.3, 0.4) is 0 Å². The highest BCUT2D eigenvalue weighted by Crippen LogP contribution is 2.35. The average molecular weight is 456 g/mol. The zero-order valence-corrected chi connectivity index (χ0v) is 17.9. The number of carbonyl (C=O) groups is 1. The van der Waals surface area contributed by atoms with Crippen LogP contribution in [0.1, 0.15) is 40.0 Å². The molecule has 1 aliphatic rings. The number of aromatic amines is 1. The van der Waals surface area contributed by atoms with Crippen LogP contribution in [0.25, 0.3) is 10.9 Å². The number of aryl methyl sites for hydroxylation is 2. The normalized spacial score (nSPS) is 13.5. The van der Waals surface area contributed by atoms with Gasteiger partial charge in [-0.25, -0.2) is 5.43 Å². The number of carbonyl (C=O) groups excluding carboxylic acids is 1. The Morgan fingerprint density at radius 1 is 1.17 bits per heavy atom. The number of hydrazone groups is 1. The monoisotopic (exact) mass is 455 g/mol. The summed E-state index contributed by atoms with van der Waals surface area (Å²) in [5.41, 5.74) is 7.71. The van der Waals surface area contributed by atoms with Crippen molar-refractivity contribution in [2.24, 2.45) is 5.10 Å². The molecule has 150 valence electrons. The summed E-state index contributed by atoms with van der Waals surface area (Å²) < 4.78 is 11.4. The van der Waals surface area contributed by atoms with Gasteiger partial charge in [0.2, 0.25) is 0 Å². The molecule has 4 rings (SSSR count). The van der Waals surface area contributed by atoms with Crippen LogP contribution in [0.2, 0.25) is 0 Å². The standard InChI is InChI=1S/C22H22BrN3O3/c1-28-20-10-13(9-17(23)21(20)29-2)12-24-26-22(27)14-7-8-19-16(11-14)15-5-3-4-6-18(15)25-19/h7-12,25H,3-6H2,1-2H3,(H,26,27)/b24-12-. The summed E-state index contributed by atoms with van der Waals surface area (Å²) in [5, 5.41) is 5.23. The van der Waals surface area contributed by atoms with Crippen LogP contribution in [0.5, 0.6) is 11.5 Å². The van der Waals surface area contributed by atoms with Crippen molar-refractivity contribution in [2.45, 2.75) is 25.7 Å². The quantitative estimate of drug-likeness (QED) is 0.436. The van der Waals surface area contributed by atoms with E-state index in [0.29, 0.717) is 17.1 Å². The Morgan fingerprint density at radius 3 is 2.79 bits per heavy atom. The summed E-state index contributed by atoms with van der Waals surface area (Å²) in [6.07, 6.45) is 6.13. The van der Waals surface area contributed by atoms with Crippen molar-refractivity contribution in [1.29, 1.82) is 0 Å². The van der Waals surface area contributed by atoms with Crippen molar-refractivity contribution in [1.82, 2.24) is 10.4 Å². The molecule has 3 aromatic rings. The summed E-state index contributed by atoms with van der Waals surface area (Å²) in [6, 6.07) is 9.38. The first kappa shape index (κ1) is 19.5. The molecule has 1 heterocycles. The molecule has 0 spiro atoms. The Bertz CT molecular complexity index is 1100. The molecule has 0 fully saturated rings. The maximum Gasteiger partial charge on any atom is 0.271 e. The van der Waals surface area contributed by atoms with Crippen molar-refractivity contribution < 1.29 is 14.3 Å². The molecule has 0 atom stereocenters. The summed E-state index contributed by atoms with van der Waals surface area (Å²) in [6.45, 7) is 0. The molecule has 0 saturated heterocycles. The fraction of sp³-hybridized carbons (Fsp3) is 0.273. The van der Waals surface area contributed by atoms with Gasteiger partial charge in [0.25, 0.3) is 5.91 Å². The van der Waals surface area contributed by atoms with Gasteiger partial charge in [0, 0.05) is 22.2 Å². The van der Waals surface area contributed by atoms with Crippen molar-refractivity contribution in [2.75, 3.05) is 14.2 Å². The Kier molecular flexibility index (Phi) is 5.58. The van der Waals surface area contributed by atoms with Crippen LogP contribution >= 0.6 is 15.9 Å². The van der Waals surface area contributed by atoms with Crippen LogP contribution in [-0.4, -0.2) is 31.3 Å². The summed E-state index contributed by atoms with van der Waals surface area (Å²) in [4.78, 5) is 16.1. The second-order valence-corrected chi connectivity index (χ2v) is 7.84. The molecule has 6 nitrogen and oxygen atoms in total. The Hall–Kier alpha value is -2.80. The Labute approximate surface area is 177 Å². The van der Waals surface area contributed by atoms with Gasteiger partial charge >= 0.3 is 0 Å². The number of ether oxygens (including phenoxy) is 2. The van der Waals surface area contributed by atoms with Crippen LogP contribution in [0, 0.1) is 0 Å². The van der Waals surface area contributed by atoms with E-state index in [9.17, 15) is 4.79 Å².